The zero-order valence-corrected chi connectivity index (χ0v) is 12.5. The van der Waals surface area contributed by atoms with Gasteiger partial charge in [-0.15, -0.1) is 0 Å². The molecule has 7 heteroatoms. The van der Waals surface area contributed by atoms with Gasteiger partial charge in [-0.25, -0.2) is 0 Å². The van der Waals surface area contributed by atoms with E-state index in [9.17, 15) is 14.9 Å². The molecule has 0 radical (unpaired) electrons. The number of halogens is 1. The molecular weight excluding hydrogens is 326 g/mol. The highest BCUT2D eigenvalue weighted by atomic mass is 79.9. The topological polar surface area (TPSA) is 84.3 Å². The summed E-state index contributed by atoms with van der Waals surface area (Å²) in [6.07, 6.45) is 3.19. The van der Waals surface area contributed by atoms with E-state index in [0.29, 0.717) is 22.6 Å². The van der Waals surface area contributed by atoms with E-state index in [2.05, 4.69) is 26.6 Å². The average molecular weight is 342 g/mol. The first-order valence-corrected chi connectivity index (χ1v) is 7.32. The number of nitrogens with one attached hydrogen (secondary N) is 2. The summed E-state index contributed by atoms with van der Waals surface area (Å²) in [5.41, 5.74) is 0.201. The second-order valence-corrected chi connectivity index (χ2v) is 5.71. The van der Waals surface area contributed by atoms with Gasteiger partial charge in [0.2, 0.25) is 0 Å². The van der Waals surface area contributed by atoms with Crippen LogP contribution in [-0.2, 0) is 0 Å². The van der Waals surface area contributed by atoms with E-state index in [1.165, 1.54) is 18.6 Å². The van der Waals surface area contributed by atoms with Crippen LogP contribution in [0.2, 0.25) is 0 Å². The van der Waals surface area contributed by atoms with Crippen LogP contribution in [0.5, 0.6) is 0 Å². The molecule has 1 amide bonds. The molecule has 1 atom stereocenters. The van der Waals surface area contributed by atoms with Crippen molar-refractivity contribution >= 4 is 27.5 Å². The van der Waals surface area contributed by atoms with Crippen LogP contribution in [0.3, 0.4) is 0 Å². The molecule has 2 N–H and O–H groups in total. The van der Waals surface area contributed by atoms with Crippen LogP contribution in [-0.4, -0.2) is 30.0 Å². The Balaban J connectivity index is 1.92. The number of nitro groups is 1. The molecule has 1 unspecified atom stereocenters. The fraction of sp³-hybridized carbons (Fsp3) is 0.462. The highest BCUT2D eigenvalue weighted by Crippen LogP contribution is 2.21. The zero-order chi connectivity index (χ0) is 14.5. The first kappa shape index (κ1) is 14.9. The maximum Gasteiger partial charge on any atom is 0.271 e. The minimum Gasteiger partial charge on any atom is -0.352 e. The van der Waals surface area contributed by atoms with E-state index in [0.717, 1.165) is 19.4 Å². The third kappa shape index (κ3) is 4.01. The summed E-state index contributed by atoms with van der Waals surface area (Å²) in [6.45, 7) is 1.60. The number of nitrogens with zero attached hydrogens (tertiary/aromatic N) is 1. The average Bonchev–Trinajstić information content (AvgIpc) is 2.91. The third-order valence-electron chi connectivity index (χ3n) is 3.30. The maximum absolute atomic E-state index is 12.0. The molecule has 0 bridgehead atoms. The second kappa shape index (κ2) is 6.81. The van der Waals surface area contributed by atoms with Gasteiger partial charge in [-0.2, -0.15) is 0 Å². The second-order valence-electron chi connectivity index (χ2n) is 4.79. The summed E-state index contributed by atoms with van der Waals surface area (Å²) >= 11 is 3.18. The molecule has 0 aliphatic carbocycles. The molecule has 20 heavy (non-hydrogen) atoms. The van der Waals surface area contributed by atoms with Crippen LogP contribution >= 0.6 is 15.9 Å². The van der Waals surface area contributed by atoms with Crippen molar-refractivity contribution in [1.82, 2.24) is 10.6 Å². The summed E-state index contributed by atoms with van der Waals surface area (Å²) in [6, 6.07) is 4.70. The number of carbonyl (C=O) groups is 1. The first-order valence-electron chi connectivity index (χ1n) is 6.53. The van der Waals surface area contributed by atoms with E-state index in [1.54, 1.807) is 6.07 Å². The Morgan fingerprint density at radius 3 is 2.95 bits per heavy atom. The number of nitro benzene ring substituents is 1. The molecule has 6 nitrogen and oxygen atoms in total. The van der Waals surface area contributed by atoms with Crippen molar-refractivity contribution in [2.45, 2.75) is 25.3 Å². The number of amides is 1. The van der Waals surface area contributed by atoms with Crippen molar-refractivity contribution in [3.63, 3.8) is 0 Å². The summed E-state index contributed by atoms with van der Waals surface area (Å²) in [7, 11) is 0. The van der Waals surface area contributed by atoms with Gasteiger partial charge in [0, 0.05) is 34.8 Å². The molecule has 0 saturated carbocycles. The number of hydrogen-bond acceptors (Lipinski definition) is 4. The quantitative estimate of drug-likeness (QED) is 0.635. The number of rotatable bonds is 5. The van der Waals surface area contributed by atoms with Crippen LogP contribution in [0.25, 0.3) is 0 Å². The van der Waals surface area contributed by atoms with Gasteiger partial charge >= 0.3 is 0 Å². The van der Waals surface area contributed by atoms with E-state index >= 15 is 0 Å². The zero-order valence-electron chi connectivity index (χ0n) is 10.9. The van der Waals surface area contributed by atoms with E-state index in [1.807, 2.05) is 0 Å². The lowest BCUT2D eigenvalue weighted by Gasteiger charge is -2.10. The van der Waals surface area contributed by atoms with Gasteiger partial charge in [0.1, 0.15) is 0 Å². The summed E-state index contributed by atoms with van der Waals surface area (Å²) in [5.74, 6) is -0.285. The van der Waals surface area contributed by atoms with Gasteiger partial charge in [0.15, 0.2) is 0 Å². The molecule has 0 spiro atoms. The largest absolute Gasteiger partial charge is 0.352 e. The molecule has 1 aliphatic heterocycles. The Morgan fingerprint density at radius 2 is 2.30 bits per heavy atom. The minimum atomic E-state index is -0.510. The van der Waals surface area contributed by atoms with Crippen LogP contribution < -0.4 is 10.6 Å². The van der Waals surface area contributed by atoms with Gasteiger partial charge in [-0.1, -0.05) is 15.9 Å². The minimum absolute atomic E-state index is 0.0954. The van der Waals surface area contributed by atoms with Crippen LogP contribution in [0.15, 0.2) is 22.7 Å². The molecule has 1 fully saturated rings. The Labute approximate surface area is 125 Å². The SMILES string of the molecule is O=C(NCCC1CCCN1)c1cc(Br)cc([N+](=O)[O-])c1. The highest BCUT2D eigenvalue weighted by molar-refractivity contribution is 9.10. The van der Waals surface area contributed by atoms with Crippen molar-refractivity contribution in [3.05, 3.63) is 38.3 Å². The molecule has 0 aromatic heterocycles. The highest BCUT2D eigenvalue weighted by Gasteiger charge is 2.16. The van der Waals surface area contributed by atoms with Gasteiger partial charge in [-0.3, -0.25) is 14.9 Å². The van der Waals surface area contributed by atoms with Gasteiger partial charge < -0.3 is 10.6 Å². The van der Waals surface area contributed by atoms with Gasteiger partial charge in [0.25, 0.3) is 11.6 Å². The summed E-state index contributed by atoms with van der Waals surface area (Å²) in [4.78, 5) is 22.2. The van der Waals surface area contributed by atoms with Crippen molar-refractivity contribution < 1.29 is 9.72 Å². The Morgan fingerprint density at radius 1 is 1.50 bits per heavy atom. The lowest BCUT2D eigenvalue weighted by molar-refractivity contribution is -0.385. The maximum atomic E-state index is 12.0. The summed E-state index contributed by atoms with van der Waals surface area (Å²) < 4.78 is 0.523. The number of hydrogen-bond donors (Lipinski definition) is 2. The molecule has 2 rings (SSSR count). The number of carbonyl (C=O) groups excluding carboxylic acids is 1. The molecule has 1 aromatic rings. The van der Waals surface area contributed by atoms with Crippen molar-refractivity contribution in [1.29, 1.82) is 0 Å². The standard InChI is InChI=1S/C13H16BrN3O3/c14-10-6-9(7-12(8-10)17(19)20)13(18)16-5-3-11-2-1-4-15-11/h6-8,11,15H,1-5H2,(H,16,18). The van der Waals surface area contributed by atoms with Gasteiger partial charge in [0.05, 0.1) is 4.92 Å². The monoisotopic (exact) mass is 341 g/mol. The summed E-state index contributed by atoms with van der Waals surface area (Å²) in [5, 5.41) is 16.9. The van der Waals surface area contributed by atoms with E-state index < -0.39 is 4.92 Å². The molecular formula is C13H16BrN3O3. The molecule has 108 valence electrons. The van der Waals surface area contributed by atoms with Crippen molar-refractivity contribution in [2.75, 3.05) is 13.1 Å². The Bertz CT molecular complexity index is 516. The Hall–Kier alpha value is -1.47. The fourth-order valence-corrected chi connectivity index (χ4v) is 2.76. The normalized spacial score (nSPS) is 17.9. The van der Waals surface area contributed by atoms with Crippen LogP contribution in [0, 0.1) is 10.1 Å². The molecule has 1 aliphatic rings. The number of benzene rings is 1. The smallest absolute Gasteiger partial charge is 0.271 e. The third-order valence-corrected chi connectivity index (χ3v) is 3.75. The lowest BCUT2D eigenvalue weighted by atomic mass is 10.1. The lowest BCUT2D eigenvalue weighted by Crippen LogP contribution is -2.30. The first-order chi connectivity index (χ1) is 9.56. The predicted octanol–water partition coefficient (Wildman–Crippen LogP) is 2.23. The van der Waals surface area contributed by atoms with Crippen LogP contribution in [0.4, 0.5) is 5.69 Å². The molecule has 1 saturated heterocycles. The van der Waals surface area contributed by atoms with E-state index in [-0.39, 0.29) is 11.6 Å². The van der Waals surface area contributed by atoms with Crippen molar-refractivity contribution in [3.8, 4) is 0 Å². The molecule has 1 aromatic carbocycles. The fourth-order valence-electron chi connectivity index (χ4n) is 2.28. The van der Waals surface area contributed by atoms with Gasteiger partial charge in [-0.05, 0) is 31.9 Å². The molecule has 1 heterocycles. The predicted molar refractivity (Wildman–Crippen MR) is 78.8 cm³/mol. The van der Waals surface area contributed by atoms with Crippen molar-refractivity contribution in [2.24, 2.45) is 0 Å². The Kier molecular flexibility index (Phi) is 5.08. The van der Waals surface area contributed by atoms with E-state index in [4.69, 9.17) is 0 Å². The number of non-ortho nitro benzene ring substituents is 1. The van der Waals surface area contributed by atoms with Crippen LogP contribution in [0.1, 0.15) is 29.6 Å².